The zero-order valence-electron chi connectivity index (χ0n) is 11.3. The van der Waals surface area contributed by atoms with Crippen molar-refractivity contribution in [1.29, 1.82) is 0 Å². The number of urea groups is 1. The van der Waals surface area contributed by atoms with E-state index in [-0.39, 0.29) is 18.7 Å². The summed E-state index contributed by atoms with van der Waals surface area (Å²) in [6.45, 7) is 3.88. The van der Waals surface area contributed by atoms with Gasteiger partial charge in [0.15, 0.2) is 0 Å². The molecule has 1 aliphatic carbocycles. The Bertz CT molecular complexity index is 420. The molecule has 2 amide bonds. The minimum absolute atomic E-state index is 0.0286. The van der Waals surface area contributed by atoms with Crippen molar-refractivity contribution in [3.05, 3.63) is 16.6 Å². The zero-order chi connectivity index (χ0) is 13.9. The van der Waals surface area contributed by atoms with Crippen LogP contribution in [-0.2, 0) is 0 Å². The van der Waals surface area contributed by atoms with Crippen LogP contribution in [0.15, 0.2) is 11.6 Å². The number of hydrogen-bond acceptors (Lipinski definition) is 4. The van der Waals surface area contributed by atoms with E-state index in [1.54, 1.807) is 6.20 Å². The van der Waals surface area contributed by atoms with Crippen LogP contribution in [0.2, 0.25) is 0 Å². The molecule has 1 heterocycles. The highest BCUT2D eigenvalue weighted by Gasteiger charge is 2.42. The molecule has 0 saturated heterocycles. The van der Waals surface area contributed by atoms with Gasteiger partial charge in [0.2, 0.25) is 0 Å². The van der Waals surface area contributed by atoms with E-state index in [1.165, 1.54) is 11.3 Å². The average Bonchev–Trinajstić information content (AvgIpc) is 3.13. The first-order valence-corrected chi connectivity index (χ1v) is 7.56. The number of carbonyl (C=O) groups excluding carboxylic acids is 1. The lowest BCUT2D eigenvalue weighted by atomic mass is 9.97. The molecule has 2 unspecified atom stereocenters. The third-order valence-electron chi connectivity index (χ3n) is 3.67. The quantitative estimate of drug-likeness (QED) is 0.748. The van der Waals surface area contributed by atoms with Crippen molar-refractivity contribution in [2.75, 3.05) is 6.61 Å². The van der Waals surface area contributed by atoms with Crippen molar-refractivity contribution in [3.8, 4) is 0 Å². The second-order valence-corrected chi connectivity index (χ2v) is 6.21. The van der Waals surface area contributed by atoms with Gasteiger partial charge >= 0.3 is 6.03 Å². The molecule has 106 valence electrons. The summed E-state index contributed by atoms with van der Waals surface area (Å²) in [7, 11) is 0. The van der Waals surface area contributed by atoms with Gasteiger partial charge in [-0.2, -0.15) is 0 Å². The van der Waals surface area contributed by atoms with Gasteiger partial charge in [0, 0.05) is 11.6 Å². The number of thiazole rings is 1. The van der Waals surface area contributed by atoms with Crippen LogP contribution in [0, 0.1) is 5.92 Å². The molecule has 2 rings (SSSR count). The van der Waals surface area contributed by atoms with Gasteiger partial charge in [0.25, 0.3) is 0 Å². The summed E-state index contributed by atoms with van der Waals surface area (Å²) < 4.78 is 0. The number of aliphatic hydroxyl groups excluding tert-OH is 1. The van der Waals surface area contributed by atoms with Crippen LogP contribution in [0.25, 0.3) is 0 Å². The Hall–Kier alpha value is -1.14. The van der Waals surface area contributed by atoms with Crippen molar-refractivity contribution in [2.24, 2.45) is 5.92 Å². The molecular weight excluding hydrogens is 262 g/mol. The maximum atomic E-state index is 12.1. The Morgan fingerprint density at radius 3 is 2.89 bits per heavy atom. The van der Waals surface area contributed by atoms with Crippen LogP contribution < -0.4 is 10.6 Å². The highest BCUT2D eigenvalue weighted by atomic mass is 32.1. The van der Waals surface area contributed by atoms with Crippen LogP contribution in [-0.4, -0.2) is 28.3 Å². The number of nitrogens with zero attached hydrogens (tertiary/aromatic N) is 1. The molecule has 6 heteroatoms. The predicted octanol–water partition coefficient (Wildman–Crippen LogP) is 2.05. The Labute approximate surface area is 117 Å². The normalized spacial score (nSPS) is 19.5. The monoisotopic (exact) mass is 283 g/mol. The molecule has 1 saturated carbocycles. The van der Waals surface area contributed by atoms with Crippen LogP contribution in [0.3, 0.4) is 0 Å². The SMILES string of the molecule is CCC(NC(=O)NC(C)(CO)C1CC1)c1nccs1. The van der Waals surface area contributed by atoms with Gasteiger partial charge in [-0.1, -0.05) is 6.92 Å². The third-order valence-corrected chi connectivity index (χ3v) is 4.56. The topological polar surface area (TPSA) is 74.2 Å². The highest BCUT2D eigenvalue weighted by Crippen LogP contribution is 2.39. The van der Waals surface area contributed by atoms with Crippen molar-refractivity contribution < 1.29 is 9.90 Å². The van der Waals surface area contributed by atoms with E-state index >= 15 is 0 Å². The molecule has 0 radical (unpaired) electrons. The summed E-state index contributed by atoms with van der Waals surface area (Å²) >= 11 is 1.54. The second kappa shape index (κ2) is 5.88. The van der Waals surface area contributed by atoms with Crippen molar-refractivity contribution in [1.82, 2.24) is 15.6 Å². The largest absolute Gasteiger partial charge is 0.394 e. The standard InChI is InChI=1S/C13H21N3O2S/c1-3-10(11-14-6-7-19-11)15-12(18)16-13(2,8-17)9-4-5-9/h6-7,9-10,17H,3-5,8H2,1-2H3,(H2,15,16,18). The van der Waals surface area contributed by atoms with Crippen molar-refractivity contribution in [2.45, 2.75) is 44.7 Å². The smallest absolute Gasteiger partial charge is 0.315 e. The van der Waals surface area contributed by atoms with Crippen LogP contribution in [0.5, 0.6) is 0 Å². The van der Waals surface area contributed by atoms with Crippen LogP contribution in [0.1, 0.15) is 44.2 Å². The summed E-state index contributed by atoms with van der Waals surface area (Å²) in [5.41, 5.74) is -0.509. The molecule has 1 aliphatic rings. The lowest BCUT2D eigenvalue weighted by Gasteiger charge is -2.29. The molecule has 19 heavy (non-hydrogen) atoms. The van der Waals surface area contributed by atoms with Crippen LogP contribution in [0.4, 0.5) is 4.79 Å². The molecule has 0 spiro atoms. The fraction of sp³-hybridized carbons (Fsp3) is 0.692. The molecule has 1 aromatic heterocycles. The Morgan fingerprint density at radius 1 is 1.68 bits per heavy atom. The first kappa shape index (κ1) is 14.3. The van der Waals surface area contributed by atoms with E-state index in [9.17, 15) is 9.90 Å². The summed E-state index contributed by atoms with van der Waals surface area (Å²) in [6, 6.07) is -0.298. The average molecular weight is 283 g/mol. The van der Waals surface area contributed by atoms with Crippen molar-refractivity contribution in [3.63, 3.8) is 0 Å². The first-order chi connectivity index (χ1) is 9.09. The van der Waals surface area contributed by atoms with E-state index in [1.807, 2.05) is 19.2 Å². The van der Waals surface area contributed by atoms with Gasteiger partial charge in [-0.25, -0.2) is 9.78 Å². The van der Waals surface area contributed by atoms with E-state index in [0.29, 0.717) is 5.92 Å². The zero-order valence-corrected chi connectivity index (χ0v) is 12.2. The molecule has 0 bridgehead atoms. The molecule has 2 atom stereocenters. The summed E-state index contributed by atoms with van der Waals surface area (Å²) in [4.78, 5) is 16.3. The van der Waals surface area contributed by atoms with Gasteiger partial charge in [-0.15, -0.1) is 11.3 Å². The maximum Gasteiger partial charge on any atom is 0.315 e. The number of aromatic nitrogens is 1. The summed E-state index contributed by atoms with van der Waals surface area (Å²) in [6.07, 6.45) is 4.67. The third kappa shape index (κ3) is 3.45. The first-order valence-electron chi connectivity index (χ1n) is 6.68. The number of rotatable bonds is 6. The van der Waals surface area contributed by atoms with E-state index < -0.39 is 5.54 Å². The number of carbonyl (C=O) groups is 1. The lowest BCUT2D eigenvalue weighted by Crippen LogP contribution is -2.54. The molecule has 1 fully saturated rings. The number of hydrogen-bond donors (Lipinski definition) is 3. The highest BCUT2D eigenvalue weighted by molar-refractivity contribution is 7.09. The fourth-order valence-corrected chi connectivity index (χ4v) is 2.96. The fourth-order valence-electron chi connectivity index (χ4n) is 2.19. The van der Waals surface area contributed by atoms with Gasteiger partial charge in [-0.3, -0.25) is 0 Å². The van der Waals surface area contributed by atoms with Crippen molar-refractivity contribution >= 4 is 17.4 Å². The lowest BCUT2D eigenvalue weighted by molar-refractivity contribution is 0.154. The predicted molar refractivity (Wildman–Crippen MR) is 75.0 cm³/mol. The minimum Gasteiger partial charge on any atom is -0.394 e. The number of nitrogens with one attached hydrogen (secondary N) is 2. The molecule has 3 N–H and O–H groups in total. The maximum absolute atomic E-state index is 12.1. The minimum atomic E-state index is -0.509. The van der Waals surface area contributed by atoms with E-state index in [2.05, 4.69) is 15.6 Å². The van der Waals surface area contributed by atoms with E-state index in [4.69, 9.17) is 0 Å². The molecule has 1 aromatic rings. The summed E-state index contributed by atoms with van der Waals surface area (Å²) in [5, 5.41) is 18.1. The Balaban J connectivity index is 1.92. The van der Waals surface area contributed by atoms with Gasteiger partial charge in [-0.05, 0) is 32.1 Å². The molecule has 0 aliphatic heterocycles. The van der Waals surface area contributed by atoms with Crippen LogP contribution >= 0.6 is 11.3 Å². The Morgan fingerprint density at radius 2 is 2.42 bits per heavy atom. The van der Waals surface area contributed by atoms with Gasteiger partial charge in [0.1, 0.15) is 5.01 Å². The molecule has 0 aromatic carbocycles. The molecule has 5 nitrogen and oxygen atoms in total. The number of amides is 2. The Kier molecular flexibility index (Phi) is 4.42. The molecular formula is C13H21N3O2S. The van der Waals surface area contributed by atoms with Gasteiger partial charge < -0.3 is 15.7 Å². The number of aliphatic hydroxyl groups is 1. The second-order valence-electron chi connectivity index (χ2n) is 5.28. The summed E-state index contributed by atoms with van der Waals surface area (Å²) in [5.74, 6) is 0.392. The van der Waals surface area contributed by atoms with Gasteiger partial charge in [0.05, 0.1) is 18.2 Å². The van der Waals surface area contributed by atoms with E-state index in [0.717, 1.165) is 24.3 Å².